The summed E-state index contributed by atoms with van der Waals surface area (Å²) >= 11 is 0. The second kappa shape index (κ2) is 17.0. The van der Waals surface area contributed by atoms with Crippen molar-refractivity contribution in [3.63, 3.8) is 0 Å². The van der Waals surface area contributed by atoms with E-state index in [9.17, 15) is 19.2 Å². The number of carbonyl (C=O) groups is 4. The molecule has 0 aromatic rings. The fraction of sp³-hybridized carbons (Fsp3) is 0.625. The Kier molecular flexibility index (Phi) is 16.9. The fourth-order valence-corrected chi connectivity index (χ4v) is 1.56. The highest BCUT2D eigenvalue weighted by Gasteiger charge is 1.98. The summed E-state index contributed by atoms with van der Waals surface area (Å²) in [6.07, 6.45) is 7.80. The molecule has 0 amide bonds. The van der Waals surface area contributed by atoms with Crippen molar-refractivity contribution in [3.05, 3.63) is 12.2 Å². The molecule has 0 aliphatic heterocycles. The normalized spacial score (nSPS) is 10.0. The van der Waals surface area contributed by atoms with Gasteiger partial charge in [-0.2, -0.15) is 0 Å². The highest BCUT2D eigenvalue weighted by Crippen LogP contribution is 2.04. The van der Waals surface area contributed by atoms with Gasteiger partial charge in [-0.3, -0.25) is 19.2 Å². The van der Waals surface area contributed by atoms with Crippen molar-refractivity contribution in [2.24, 2.45) is 0 Å². The molecule has 0 aromatic carbocycles. The largest absolute Gasteiger partial charge is 0.481 e. The van der Waals surface area contributed by atoms with E-state index in [0.29, 0.717) is 25.7 Å². The van der Waals surface area contributed by atoms with Crippen LogP contribution in [-0.2, 0) is 19.2 Å². The monoisotopic (exact) mass is 346 g/mol. The van der Waals surface area contributed by atoms with Gasteiger partial charge in [-0.05, 0) is 25.7 Å². The van der Waals surface area contributed by atoms with Crippen molar-refractivity contribution < 1.29 is 39.6 Å². The number of rotatable bonds is 13. The highest BCUT2D eigenvalue weighted by atomic mass is 16.4. The molecule has 0 saturated carbocycles. The van der Waals surface area contributed by atoms with E-state index in [-0.39, 0.29) is 25.7 Å². The number of carboxylic acids is 4. The Labute approximate surface area is 140 Å². The van der Waals surface area contributed by atoms with E-state index in [1.165, 1.54) is 0 Å². The first-order chi connectivity index (χ1) is 11.3. The predicted octanol–water partition coefficient (Wildman–Crippen LogP) is 2.77. The van der Waals surface area contributed by atoms with Gasteiger partial charge in [0, 0.05) is 25.7 Å². The Morgan fingerprint density at radius 1 is 0.500 bits per heavy atom. The number of hydrogen-bond donors (Lipinski definition) is 4. The molecule has 0 bridgehead atoms. The molecule has 0 fully saturated rings. The van der Waals surface area contributed by atoms with Crippen LogP contribution >= 0.6 is 0 Å². The highest BCUT2D eigenvalue weighted by molar-refractivity contribution is 5.67. The van der Waals surface area contributed by atoms with E-state index in [1.54, 1.807) is 12.2 Å². The van der Waals surface area contributed by atoms with Gasteiger partial charge in [0.2, 0.25) is 0 Å². The van der Waals surface area contributed by atoms with Gasteiger partial charge >= 0.3 is 23.9 Å². The SMILES string of the molecule is O=C(O)CC/C=C\CCC(=O)O.O=C(O)CCCCCCC(=O)O. The van der Waals surface area contributed by atoms with Crippen LogP contribution in [0.25, 0.3) is 0 Å². The molecule has 0 unspecified atom stereocenters. The van der Waals surface area contributed by atoms with E-state index < -0.39 is 23.9 Å². The quantitative estimate of drug-likeness (QED) is 0.294. The zero-order valence-corrected chi connectivity index (χ0v) is 13.6. The molecule has 4 N–H and O–H groups in total. The van der Waals surface area contributed by atoms with Crippen LogP contribution in [0, 0.1) is 0 Å². The van der Waals surface area contributed by atoms with Gasteiger partial charge in [0.15, 0.2) is 0 Å². The Balaban J connectivity index is 0. The summed E-state index contributed by atoms with van der Waals surface area (Å²) in [4.78, 5) is 40.1. The Hall–Kier alpha value is -2.38. The smallest absolute Gasteiger partial charge is 0.303 e. The first kappa shape index (κ1) is 23.9. The lowest BCUT2D eigenvalue weighted by Crippen LogP contribution is -1.95. The van der Waals surface area contributed by atoms with Crippen molar-refractivity contribution in [1.29, 1.82) is 0 Å². The maximum atomic E-state index is 10.0. The maximum absolute atomic E-state index is 10.0. The summed E-state index contributed by atoms with van der Waals surface area (Å²) in [6.45, 7) is 0. The van der Waals surface area contributed by atoms with Gasteiger partial charge < -0.3 is 20.4 Å². The second-order valence-electron chi connectivity index (χ2n) is 5.04. The van der Waals surface area contributed by atoms with E-state index in [0.717, 1.165) is 12.8 Å². The molecule has 0 atom stereocenters. The van der Waals surface area contributed by atoms with Gasteiger partial charge in [-0.25, -0.2) is 0 Å². The van der Waals surface area contributed by atoms with Crippen molar-refractivity contribution in [3.8, 4) is 0 Å². The first-order valence-electron chi connectivity index (χ1n) is 7.77. The van der Waals surface area contributed by atoms with E-state index in [2.05, 4.69) is 0 Å². The molecular formula is C16H26O8. The van der Waals surface area contributed by atoms with Gasteiger partial charge in [-0.1, -0.05) is 25.0 Å². The number of allylic oxidation sites excluding steroid dienone is 2. The average molecular weight is 346 g/mol. The van der Waals surface area contributed by atoms with Crippen molar-refractivity contribution in [2.75, 3.05) is 0 Å². The van der Waals surface area contributed by atoms with Gasteiger partial charge in [0.05, 0.1) is 0 Å². The summed E-state index contributed by atoms with van der Waals surface area (Å²) in [5, 5.41) is 33.0. The zero-order chi connectivity index (χ0) is 18.8. The Bertz CT molecular complexity index is 376. The Morgan fingerprint density at radius 3 is 1.04 bits per heavy atom. The van der Waals surface area contributed by atoms with Crippen LogP contribution in [0.2, 0.25) is 0 Å². The van der Waals surface area contributed by atoms with Crippen molar-refractivity contribution >= 4 is 23.9 Å². The zero-order valence-electron chi connectivity index (χ0n) is 13.6. The molecule has 0 saturated heterocycles. The molecule has 0 aromatic heterocycles. The van der Waals surface area contributed by atoms with Gasteiger partial charge in [-0.15, -0.1) is 0 Å². The van der Waals surface area contributed by atoms with Crippen LogP contribution in [0.15, 0.2) is 12.2 Å². The van der Waals surface area contributed by atoms with Crippen LogP contribution in [-0.4, -0.2) is 44.3 Å². The lowest BCUT2D eigenvalue weighted by Gasteiger charge is -1.96. The molecule has 0 radical (unpaired) electrons. The third kappa shape index (κ3) is 27.9. The molecule has 8 heteroatoms. The molecule has 0 rings (SSSR count). The van der Waals surface area contributed by atoms with Gasteiger partial charge in [0.25, 0.3) is 0 Å². The third-order valence-electron chi connectivity index (χ3n) is 2.75. The maximum Gasteiger partial charge on any atom is 0.303 e. The fourth-order valence-electron chi connectivity index (χ4n) is 1.56. The summed E-state index contributed by atoms with van der Waals surface area (Å²) in [6, 6.07) is 0. The van der Waals surface area contributed by atoms with Crippen LogP contribution in [0.1, 0.15) is 64.2 Å². The van der Waals surface area contributed by atoms with Crippen LogP contribution in [0.4, 0.5) is 0 Å². The topological polar surface area (TPSA) is 149 Å². The number of hydrogen-bond acceptors (Lipinski definition) is 4. The van der Waals surface area contributed by atoms with Gasteiger partial charge in [0.1, 0.15) is 0 Å². The van der Waals surface area contributed by atoms with Crippen molar-refractivity contribution in [2.45, 2.75) is 64.2 Å². The molecule has 0 heterocycles. The number of aliphatic carboxylic acids is 4. The molecular weight excluding hydrogens is 320 g/mol. The lowest BCUT2D eigenvalue weighted by atomic mass is 10.1. The molecule has 0 aliphatic rings. The van der Waals surface area contributed by atoms with Crippen LogP contribution in [0.3, 0.4) is 0 Å². The molecule has 0 aliphatic carbocycles. The van der Waals surface area contributed by atoms with E-state index in [1.807, 2.05) is 0 Å². The Morgan fingerprint density at radius 2 is 0.792 bits per heavy atom. The summed E-state index contributed by atoms with van der Waals surface area (Å²) in [7, 11) is 0. The summed E-state index contributed by atoms with van der Waals surface area (Å²) < 4.78 is 0. The average Bonchev–Trinajstić information content (AvgIpc) is 2.46. The minimum absolute atomic E-state index is 0.101. The lowest BCUT2D eigenvalue weighted by molar-refractivity contribution is -0.138. The van der Waals surface area contributed by atoms with E-state index in [4.69, 9.17) is 20.4 Å². The molecule has 8 nitrogen and oxygen atoms in total. The molecule has 0 spiro atoms. The minimum Gasteiger partial charge on any atom is -0.481 e. The van der Waals surface area contributed by atoms with Crippen LogP contribution < -0.4 is 0 Å². The number of carboxylic acid groups (broad SMARTS) is 4. The standard InChI is InChI=1S/C8H14O4.C8H12O4/c2*9-7(10)5-3-1-2-4-6-8(11)12/h1-6H2,(H,9,10)(H,11,12);1-2H,3-6H2,(H,9,10)(H,11,12)/b;2-1-. The summed E-state index contributed by atoms with van der Waals surface area (Å²) in [5.41, 5.74) is 0. The molecule has 24 heavy (non-hydrogen) atoms. The predicted molar refractivity (Wildman–Crippen MR) is 85.9 cm³/mol. The van der Waals surface area contributed by atoms with E-state index >= 15 is 0 Å². The second-order valence-corrected chi connectivity index (χ2v) is 5.04. The first-order valence-corrected chi connectivity index (χ1v) is 7.77. The summed E-state index contributed by atoms with van der Waals surface area (Å²) in [5.74, 6) is -3.24. The molecule has 138 valence electrons. The third-order valence-corrected chi connectivity index (χ3v) is 2.75. The van der Waals surface area contributed by atoms with Crippen LogP contribution in [0.5, 0.6) is 0 Å². The minimum atomic E-state index is -0.835. The van der Waals surface area contributed by atoms with Crippen molar-refractivity contribution in [1.82, 2.24) is 0 Å². The number of unbranched alkanes of at least 4 members (excludes halogenated alkanes) is 3.